The Bertz CT molecular complexity index is 627. The molecule has 3 aliphatic carbocycles. The zero-order valence-corrected chi connectivity index (χ0v) is 12.8. The Labute approximate surface area is 133 Å². The van der Waals surface area contributed by atoms with Crippen LogP contribution >= 0.6 is 0 Å². The fourth-order valence-corrected chi connectivity index (χ4v) is 5.41. The van der Waals surface area contributed by atoms with Crippen molar-refractivity contribution >= 4 is 5.91 Å². The van der Waals surface area contributed by atoms with E-state index >= 15 is 0 Å². The molecule has 0 unspecified atom stereocenters. The van der Waals surface area contributed by atoms with Crippen LogP contribution in [0.15, 0.2) is 24.3 Å². The van der Waals surface area contributed by atoms with Gasteiger partial charge in [0.2, 0.25) is 0 Å². The maximum atomic E-state index is 13.1. The van der Waals surface area contributed by atoms with Crippen LogP contribution in [-0.4, -0.2) is 11.9 Å². The van der Waals surface area contributed by atoms with Crippen molar-refractivity contribution in [2.75, 3.05) is 0 Å². The van der Waals surface area contributed by atoms with E-state index in [1.807, 2.05) is 0 Å². The van der Waals surface area contributed by atoms with Gasteiger partial charge in [-0.25, -0.2) is 0 Å². The number of benzene rings is 1. The van der Waals surface area contributed by atoms with Gasteiger partial charge in [0.15, 0.2) is 0 Å². The lowest BCUT2D eigenvalue weighted by Crippen LogP contribution is -2.43. The Morgan fingerprint density at radius 3 is 2.57 bits per heavy atom. The summed E-state index contributed by atoms with van der Waals surface area (Å²) < 4.78 is 39.2. The highest BCUT2D eigenvalue weighted by Crippen LogP contribution is 2.58. The van der Waals surface area contributed by atoms with Gasteiger partial charge in [0.05, 0.1) is 11.1 Å². The quantitative estimate of drug-likeness (QED) is 0.866. The van der Waals surface area contributed by atoms with Gasteiger partial charge in [-0.3, -0.25) is 4.79 Å². The molecule has 0 aromatic heterocycles. The Hall–Kier alpha value is -1.52. The molecule has 3 fully saturated rings. The first kappa shape index (κ1) is 15.0. The second kappa shape index (κ2) is 5.25. The molecule has 0 saturated heterocycles. The van der Waals surface area contributed by atoms with E-state index in [-0.39, 0.29) is 11.6 Å². The summed E-state index contributed by atoms with van der Waals surface area (Å²) in [6, 6.07) is 5.10. The van der Waals surface area contributed by atoms with E-state index in [9.17, 15) is 18.0 Å². The number of nitrogens with one attached hydrogen (secondary N) is 1. The number of carbonyl (C=O) groups excluding carboxylic acids is 1. The van der Waals surface area contributed by atoms with Gasteiger partial charge < -0.3 is 5.32 Å². The lowest BCUT2D eigenvalue weighted by atomic mass is 9.79. The van der Waals surface area contributed by atoms with Crippen LogP contribution in [0, 0.1) is 23.7 Å². The topological polar surface area (TPSA) is 29.1 Å². The summed E-state index contributed by atoms with van der Waals surface area (Å²) in [4.78, 5) is 12.4. The van der Waals surface area contributed by atoms with E-state index in [0.29, 0.717) is 17.8 Å². The van der Waals surface area contributed by atoms with Gasteiger partial charge in [-0.2, -0.15) is 13.2 Å². The van der Waals surface area contributed by atoms with Crippen molar-refractivity contribution in [3.63, 3.8) is 0 Å². The van der Waals surface area contributed by atoms with Crippen LogP contribution in [0.5, 0.6) is 0 Å². The van der Waals surface area contributed by atoms with Crippen molar-refractivity contribution in [3.05, 3.63) is 35.4 Å². The number of carbonyl (C=O) groups is 1. The van der Waals surface area contributed by atoms with Crippen LogP contribution < -0.4 is 5.32 Å². The van der Waals surface area contributed by atoms with Crippen LogP contribution in [0.4, 0.5) is 13.2 Å². The number of hydrogen-bond acceptors (Lipinski definition) is 1. The molecule has 4 rings (SSSR count). The fraction of sp³-hybridized carbons (Fsp3) is 0.611. The molecular weight excluding hydrogens is 303 g/mol. The second-order valence-corrected chi connectivity index (χ2v) is 7.28. The lowest BCUT2D eigenvalue weighted by Gasteiger charge is -2.32. The molecule has 1 aromatic rings. The summed E-state index contributed by atoms with van der Waals surface area (Å²) in [7, 11) is 0. The van der Waals surface area contributed by atoms with Crippen LogP contribution in [0.3, 0.4) is 0 Å². The standard InChI is InChI=1S/C18H20F3NO/c19-18(20,21)15-7-2-1-4-13(15)17(23)22-16-9-10-8-14(16)12-6-3-5-11(10)12/h1-2,4,7,10-12,14,16H,3,5-6,8-9H2,(H,22,23)/t10-,11+,12-,14-,16-/m1/s1. The summed E-state index contributed by atoms with van der Waals surface area (Å²) in [6.07, 6.45) is 1.35. The van der Waals surface area contributed by atoms with Gasteiger partial charge in [0, 0.05) is 6.04 Å². The molecule has 23 heavy (non-hydrogen) atoms. The minimum Gasteiger partial charge on any atom is -0.349 e. The van der Waals surface area contributed by atoms with Crippen molar-refractivity contribution < 1.29 is 18.0 Å². The maximum absolute atomic E-state index is 13.1. The highest BCUT2D eigenvalue weighted by molar-refractivity contribution is 5.96. The molecule has 5 heteroatoms. The fourth-order valence-electron chi connectivity index (χ4n) is 5.41. The highest BCUT2D eigenvalue weighted by Gasteiger charge is 2.54. The summed E-state index contributed by atoms with van der Waals surface area (Å²) in [6.45, 7) is 0. The Morgan fingerprint density at radius 2 is 1.78 bits per heavy atom. The maximum Gasteiger partial charge on any atom is 0.417 e. The van der Waals surface area contributed by atoms with Crippen LogP contribution in [0.2, 0.25) is 0 Å². The Kier molecular flexibility index (Phi) is 3.43. The molecule has 1 aromatic carbocycles. The molecule has 3 aliphatic rings. The minimum atomic E-state index is -4.50. The van der Waals surface area contributed by atoms with Crippen molar-refractivity contribution in [1.29, 1.82) is 0 Å². The van der Waals surface area contributed by atoms with E-state index in [1.165, 1.54) is 37.5 Å². The van der Waals surface area contributed by atoms with E-state index in [0.717, 1.165) is 24.8 Å². The summed E-state index contributed by atoms with van der Waals surface area (Å²) in [5.74, 6) is 2.03. The van der Waals surface area contributed by atoms with E-state index in [1.54, 1.807) is 0 Å². The van der Waals surface area contributed by atoms with Crippen molar-refractivity contribution in [3.8, 4) is 0 Å². The van der Waals surface area contributed by atoms with Crippen molar-refractivity contribution in [2.24, 2.45) is 23.7 Å². The average molecular weight is 323 g/mol. The molecule has 1 N–H and O–H groups in total. The smallest absolute Gasteiger partial charge is 0.349 e. The average Bonchev–Trinajstić information content (AvgIpc) is 3.18. The van der Waals surface area contributed by atoms with Gasteiger partial charge in [-0.1, -0.05) is 18.6 Å². The third-order valence-electron chi connectivity index (χ3n) is 6.22. The third kappa shape index (κ3) is 2.45. The number of hydrogen-bond donors (Lipinski definition) is 1. The molecule has 0 spiro atoms. The zero-order chi connectivity index (χ0) is 16.2. The first-order valence-electron chi connectivity index (χ1n) is 8.42. The van der Waals surface area contributed by atoms with E-state index < -0.39 is 17.6 Å². The number of halogens is 3. The van der Waals surface area contributed by atoms with Gasteiger partial charge in [0.1, 0.15) is 0 Å². The molecule has 0 heterocycles. The summed E-state index contributed by atoms with van der Waals surface area (Å²) in [5, 5.41) is 2.91. The number of alkyl halides is 3. The van der Waals surface area contributed by atoms with Gasteiger partial charge in [-0.15, -0.1) is 0 Å². The normalized spacial score (nSPS) is 35.3. The molecule has 1 amide bonds. The highest BCUT2D eigenvalue weighted by atomic mass is 19.4. The van der Waals surface area contributed by atoms with E-state index in [4.69, 9.17) is 0 Å². The molecular formula is C18H20F3NO. The van der Waals surface area contributed by atoms with Crippen molar-refractivity contribution in [1.82, 2.24) is 5.32 Å². The van der Waals surface area contributed by atoms with Gasteiger partial charge >= 0.3 is 6.18 Å². The monoisotopic (exact) mass is 323 g/mol. The van der Waals surface area contributed by atoms with Gasteiger partial charge in [0.25, 0.3) is 5.91 Å². The summed E-state index contributed by atoms with van der Waals surface area (Å²) in [5.41, 5.74) is -1.11. The number of fused-ring (bicyclic) bond motifs is 5. The first-order chi connectivity index (χ1) is 10.9. The largest absolute Gasteiger partial charge is 0.417 e. The second-order valence-electron chi connectivity index (χ2n) is 7.28. The number of amides is 1. The molecule has 0 aliphatic heterocycles. The van der Waals surface area contributed by atoms with Crippen LogP contribution in [-0.2, 0) is 6.18 Å². The molecule has 3 saturated carbocycles. The first-order valence-corrected chi connectivity index (χ1v) is 8.42. The minimum absolute atomic E-state index is 0.0492. The number of rotatable bonds is 2. The molecule has 5 atom stereocenters. The molecule has 124 valence electrons. The third-order valence-corrected chi connectivity index (χ3v) is 6.22. The van der Waals surface area contributed by atoms with Crippen LogP contribution in [0.25, 0.3) is 0 Å². The Morgan fingerprint density at radius 1 is 1.04 bits per heavy atom. The predicted molar refractivity (Wildman–Crippen MR) is 79.7 cm³/mol. The summed E-state index contributed by atoms with van der Waals surface area (Å²) >= 11 is 0. The molecule has 2 nitrogen and oxygen atoms in total. The lowest BCUT2D eigenvalue weighted by molar-refractivity contribution is -0.137. The van der Waals surface area contributed by atoms with E-state index in [2.05, 4.69) is 5.32 Å². The van der Waals surface area contributed by atoms with Crippen molar-refractivity contribution in [2.45, 2.75) is 44.3 Å². The SMILES string of the molecule is O=C(N[C@@H]1C[C@H]2C[C@@H]1[C@@H]1CCC[C@@H]21)c1ccccc1C(F)(F)F. The van der Waals surface area contributed by atoms with Gasteiger partial charge in [-0.05, 0) is 61.5 Å². The van der Waals surface area contributed by atoms with Crippen LogP contribution in [0.1, 0.15) is 48.0 Å². The molecule has 2 bridgehead atoms. The zero-order valence-electron chi connectivity index (χ0n) is 12.8. The predicted octanol–water partition coefficient (Wildman–Crippen LogP) is 4.26. The Balaban J connectivity index is 1.52. The molecule has 0 radical (unpaired) electrons.